The molecule has 1 aromatic carbocycles. The average Bonchev–Trinajstić information content (AvgIpc) is 2.70. The number of fused-ring (bicyclic) bond motifs is 3. The van der Waals surface area contributed by atoms with Crippen LogP contribution < -0.4 is 4.74 Å². The van der Waals surface area contributed by atoms with Crippen LogP contribution in [0.4, 0.5) is 0 Å². The van der Waals surface area contributed by atoms with Gasteiger partial charge in [0.2, 0.25) is 0 Å². The summed E-state index contributed by atoms with van der Waals surface area (Å²) >= 11 is 3.52. The number of nitrogens with zero attached hydrogens (tertiary/aromatic N) is 2. The number of aromatic nitrogens is 2. The zero-order chi connectivity index (χ0) is 12.0. The third kappa shape index (κ3) is 1.44. The number of ether oxygens (including phenoxy) is 1. The molecule has 0 N–H and O–H groups in total. The van der Waals surface area contributed by atoms with Crippen molar-refractivity contribution < 1.29 is 4.74 Å². The van der Waals surface area contributed by atoms with Gasteiger partial charge in [-0.05, 0) is 40.5 Å². The summed E-state index contributed by atoms with van der Waals surface area (Å²) in [6.07, 6.45) is 1.81. The Labute approximate surface area is 107 Å². The highest BCUT2D eigenvalue weighted by Crippen LogP contribution is 2.31. The highest BCUT2D eigenvalue weighted by atomic mass is 79.9. The zero-order valence-corrected chi connectivity index (χ0v) is 11.2. The molecule has 0 bridgehead atoms. The van der Waals surface area contributed by atoms with Crippen LogP contribution in [0.1, 0.15) is 5.56 Å². The zero-order valence-electron chi connectivity index (χ0n) is 9.57. The minimum atomic E-state index is 0.856. The molecular weight excluding hydrogens is 280 g/mol. The molecule has 0 spiro atoms. The van der Waals surface area contributed by atoms with Crippen molar-refractivity contribution in [1.29, 1.82) is 0 Å². The molecule has 0 aliphatic rings. The van der Waals surface area contributed by atoms with E-state index in [1.807, 2.05) is 12.1 Å². The molecule has 0 aliphatic heterocycles. The van der Waals surface area contributed by atoms with E-state index in [2.05, 4.69) is 44.4 Å². The van der Waals surface area contributed by atoms with Gasteiger partial charge in [-0.15, -0.1) is 0 Å². The van der Waals surface area contributed by atoms with Crippen LogP contribution in [0.2, 0.25) is 0 Å². The Morgan fingerprint density at radius 3 is 2.94 bits per heavy atom. The lowest BCUT2D eigenvalue weighted by Crippen LogP contribution is -1.95. The van der Waals surface area contributed by atoms with Gasteiger partial charge in [0.1, 0.15) is 16.0 Å². The van der Waals surface area contributed by atoms with E-state index in [1.165, 1.54) is 10.9 Å². The summed E-state index contributed by atoms with van der Waals surface area (Å²) in [5.41, 5.74) is 3.17. The van der Waals surface area contributed by atoms with Gasteiger partial charge in [-0.3, -0.25) is 4.40 Å². The second-order valence-electron chi connectivity index (χ2n) is 3.96. The van der Waals surface area contributed by atoms with E-state index in [1.54, 1.807) is 13.3 Å². The third-order valence-corrected chi connectivity index (χ3v) is 3.52. The number of benzene rings is 1. The van der Waals surface area contributed by atoms with Gasteiger partial charge < -0.3 is 4.74 Å². The van der Waals surface area contributed by atoms with Gasteiger partial charge in [-0.2, -0.15) is 0 Å². The maximum atomic E-state index is 5.45. The van der Waals surface area contributed by atoms with Gasteiger partial charge in [0.05, 0.1) is 18.8 Å². The molecule has 0 amide bonds. The molecule has 2 aromatic heterocycles. The first-order valence-corrected chi connectivity index (χ1v) is 6.11. The molecule has 17 heavy (non-hydrogen) atoms. The van der Waals surface area contributed by atoms with Gasteiger partial charge in [-0.25, -0.2) is 4.98 Å². The van der Waals surface area contributed by atoms with E-state index in [4.69, 9.17) is 4.74 Å². The highest BCUT2D eigenvalue weighted by Gasteiger charge is 2.11. The van der Waals surface area contributed by atoms with Crippen LogP contribution in [0.3, 0.4) is 0 Å². The van der Waals surface area contributed by atoms with Crippen molar-refractivity contribution in [1.82, 2.24) is 9.38 Å². The van der Waals surface area contributed by atoms with Crippen molar-refractivity contribution in [2.45, 2.75) is 6.92 Å². The van der Waals surface area contributed by atoms with Crippen molar-refractivity contribution in [3.63, 3.8) is 0 Å². The lowest BCUT2D eigenvalue weighted by Gasteiger charge is -2.10. The number of para-hydroxylation sites is 1. The Morgan fingerprint density at radius 1 is 1.35 bits per heavy atom. The second kappa shape index (κ2) is 3.74. The van der Waals surface area contributed by atoms with Crippen molar-refractivity contribution in [3.8, 4) is 5.75 Å². The third-order valence-electron chi connectivity index (χ3n) is 2.96. The van der Waals surface area contributed by atoms with Gasteiger partial charge in [-0.1, -0.05) is 12.1 Å². The number of aryl methyl sites for hydroxylation is 1. The molecule has 3 aromatic rings. The van der Waals surface area contributed by atoms with E-state index in [-0.39, 0.29) is 0 Å². The van der Waals surface area contributed by atoms with Crippen molar-refractivity contribution >= 4 is 32.5 Å². The number of methoxy groups -OCH3 is 1. The fourth-order valence-electron chi connectivity index (χ4n) is 2.17. The summed E-state index contributed by atoms with van der Waals surface area (Å²) in [5.74, 6) is 0.856. The van der Waals surface area contributed by atoms with E-state index >= 15 is 0 Å². The molecule has 0 radical (unpaired) electrons. The van der Waals surface area contributed by atoms with Gasteiger partial charge in [0.25, 0.3) is 0 Å². The fourth-order valence-corrected chi connectivity index (χ4v) is 2.64. The fraction of sp³-hybridized carbons (Fsp3) is 0.154. The average molecular weight is 291 g/mol. The number of imidazole rings is 1. The smallest absolute Gasteiger partial charge is 0.143 e. The first-order valence-electron chi connectivity index (χ1n) is 5.31. The first-order chi connectivity index (χ1) is 8.22. The quantitative estimate of drug-likeness (QED) is 0.685. The predicted octanol–water partition coefficient (Wildman–Crippen LogP) is 3.57. The topological polar surface area (TPSA) is 26.5 Å². The molecule has 4 heteroatoms. The molecule has 3 nitrogen and oxygen atoms in total. The number of hydrogen-bond donors (Lipinski definition) is 0. The first kappa shape index (κ1) is 10.6. The van der Waals surface area contributed by atoms with Crippen LogP contribution in [0.25, 0.3) is 16.6 Å². The Morgan fingerprint density at radius 2 is 2.18 bits per heavy atom. The summed E-state index contributed by atoms with van der Waals surface area (Å²) in [4.78, 5) is 4.37. The maximum absolute atomic E-state index is 5.45. The summed E-state index contributed by atoms with van der Waals surface area (Å²) < 4.78 is 8.43. The van der Waals surface area contributed by atoms with Crippen LogP contribution >= 0.6 is 15.9 Å². The Balaban J connectivity index is 2.65. The Bertz CT molecular complexity index is 718. The van der Waals surface area contributed by atoms with Gasteiger partial charge >= 0.3 is 0 Å². The monoisotopic (exact) mass is 290 g/mol. The van der Waals surface area contributed by atoms with E-state index < -0.39 is 0 Å². The molecule has 3 rings (SSSR count). The van der Waals surface area contributed by atoms with Crippen LogP contribution in [-0.2, 0) is 0 Å². The van der Waals surface area contributed by atoms with Gasteiger partial charge in [0, 0.05) is 5.39 Å². The number of hydrogen-bond acceptors (Lipinski definition) is 2. The summed E-state index contributed by atoms with van der Waals surface area (Å²) in [6, 6.07) is 8.14. The van der Waals surface area contributed by atoms with E-state index in [9.17, 15) is 0 Å². The minimum Gasteiger partial charge on any atom is -0.495 e. The Hall–Kier alpha value is -1.55. The molecular formula is C13H11BrN2O. The second-order valence-corrected chi connectivity index (χ2v) is 4.77. The van der Waals surface area contributed by atoms with Gasteiger partial charge in [0.15, 0.2) is 0 Å². The number of rotatable bonds is 1. The molecule has 0 aliphatic carbocycles. The normalized spacial score (nSPS) is 11.2. The van der Waals surface area contributed by atoms with Crippen LogP contribution in [0.5, 0.6) is 5.75 Å². The molecule has 0 saturated carbocycles. The SMILES string of the molecule is COc1cccc2c(C)cc3ncc(Br)n3c12. The van der Waals surface area contributed by atoms with E-state index in [0.717, 1.165) is 21.5 Å². The molecule has 0 saturated heterocycles. The lowest BCUT2D eigenvalue weighted by atomic mass is 10.1. The molecule has 2 heterocycles. The van der Waals surface area contributed by atoms with Crippen LogP contribution in [0, 0.1) is 6.92 Å². The molecule has 0 unspecified atom stereocenters. The predicted molar refractivity (Wildman–Crippen MR) is 71.7 cm³/mol. The highest BCUT2D eigenvalue weighted by molar-refractivity contribution is 9.10. The summed E-state index contributed by atoms with van der Waals surface area (Å²) in [6.45, 7) is 2.09. The largest absolute Gasteiger partial charge is 0.495 e. The molecule has 0 atom stereocenters. The van der Waals surface area contributed by atoms with E-state index in [0.29, 0.717) is 0 Å². The summed E-state index contributed by atoms with van der Waals surface area (Å²) in [7, 11) is 1.69. The molecule has 86 valence electrons. The van der Waals surface area contributed by atoms with Crippen molar-refractivity contribution in [2.24, 2.45) is 0 Å². The maximum Gasteiger partial charge on any atom is 0.143 e. The number of pyridine rings is 1. The molecule has 0 fully saturated rings. The van der Waals surface area contributed by atoms with Crippen LogP contribution in [0.15, 0.2) is 35.1 Å². The Kier molecular flexibility index (Phi) is 2.33. The van der Waals surface area contributed by atoms with Crippen molar-refractivity contribution in [2.75, 3.05) is 7.11 Å². The lowest BCUT2D eigenvalue weighted by molar-refractivity contribution is 0.418. The summed E-state index contributed by atoms with van der Waals surface area (Å²) in [5, 5.41) is 1.18. The van der Waals surface area contributed by atoms with Crippen molar-refractivity contribution in [3.05, 3.63) is 40.6 Å². The number of halogens is 1. The standard InChI is InChI=1S/C13H11BrN2O/c1-8-6-12-15-7-11(14)16(12)13-9(8)4-3-5-10(13)17-2/h3-7H,1-2H3. The minimum absolute atomic E-state index is 0.856. The van der Waals surface area contributed by atoms with Crippen LogP contribution in [-0.4, -0.2) is 16.5 Å².